The monoisotopic (exact) mass is 284 g/mol. The van der Waals surface area contributed by atoms with Gasteiger partial charge >= 0.3 is 0 Å². The summed E-state index contributed by atoms with van der Waals surface area (Å²) in [6.07, 6.45) is -5.85. The Hall–Kier alpha value is -1.35. The van der Waals surface area contributed by atoms with Crippen LogP contribution in [0.15, 0.2) is 24.3 Å². The van der Waals surface area contributed by atoms with Gasteiger partial charge in [0.05, 0.1) is 6.61 Å². The Bertz CT molecular complexity index is 474. The maximum atomic E-state index is 10.6. The number of aliphatic hydroxyl groups is 5. The summed E-state index contributed by atoms with van der Waals surface area (Å²) >= 11 is 0. The minimum atomic E-state index is -2.22. The number of ether oxygens (including phenoxy) is 1. The van der Waals surface area contributed by atoms with E-state index in [-0.39, 0.29) is 5.56 Å². The first-order chi connectivity index (χ1) is 9.44. The number of aldehydes is 1. The summed E-state index contributed by atoms with van der Waals surface area (Å²) in [5, 5.41) is 49.3. The Kier molecular flexibility index (Phi) is 4.19. The number of rotatable bonds is 3. The average Bonchev–Trinajstić information content (AvgIpc) is 2.49. The van der Waals surface area contributed by atoms with Crippen molar-refractivity contribution >= 4 is 6.29 Å². The Labute approximate surface area is 114 Å². The van der Waals surface area contributed by atoms with Gasteiger partial charge in [-0.1, -0.05) is 24.3 Å². The average molecular weight is 284 g/mol. The normalized spacial score (nSPS) is 37.6. The lowest BCUT2D eigenvalue weighted by atomic mass is 9.78. The van der Waals surface area contributed by atoms with E-state index >= 15 is 0 Å². The molecular formula is C13H16O7. The molecule has 110 valence electrons. The summed E-state index contributed by atoms with van der Waals surface area (Å²) in [5.41, 5.74) is -1.76. The quantitative estimate of drug-likeness (QED) is 0.411. The Morgan fingerprint density at radius 2 is 1.75 bits per heavy atom. The maximum absolute atomic E-state index is 10.6. The predicted octanol–water partition coefficient (Wildman–Crippen LogP) is -1.88. The van der Waals surface area contributed by atoms with Crippen LogP contribution in [0, 0.1) is 0 Å². The second-order valence-corrected chi connectivity index (χ2v) is 4.70. The van der Waals surface area contributed by atoms with E-state index in [4.69, 9.17) is 9.84 Å². The highest BCUT2D eigenvalue weighted by molar-refractivity contribution is 5.74. The number of carbonyl (C=O) groups excluding carboxylic acids is 1. The van der Waals surface area contributed by atoms with Crippen molar-refractivity contribution in [3.8, 4) is 0 Å². The van der Waals surface area contributed by atoms with E-state index < -0.39 is 36.8 Å². The van der Waals surface area contributed by atoms with Gasteiger partial charge in [-0.3, -0.25) is 4.79 Å². The lowest BCUT2D eigenvalue weighted by Crippen LogP contribution is -2.65. The Morgan fingerprint density at radius 1 is 1.15 bits per heavy atom. The third-order valence-electron chi connectivity index (χ3n) is 3.53. The summed E-state index contributed by atoms with van der Waals surface area (Å²) in [7, 11) is 0. The van der Waals surface area contributed by atoms with Gasteiger partial charge in [0.1, 0.15) is 30.2 Å². The van der Waals surface area contributed by atoms with Crippen LogP contribution in [-0.4, -0.2) is 63.0 Å². The SMILES string of the molecule is O=Cc1ccc([C@@]2(O)[C@@H](O)C(O)O[C@H](CO)[C@@H]2O)cc1. The number of aliphatic hydroxyl groups excluding tert-OH is 4. The molecule has 0 aliphatic carbocycles. The van der Waals surface area contributed by atoms with Crippen LogP contribution in [0.5, 0.6) is 0 Å². The first-order valence-electron chi connectivity index (χ1n) is 6.03. The van der Waals surface area contributed by atoms with Crippen LogP contribution in [-0.2, 0) is 10.3 Å². The molecule has 0 bridgehead atoms. The molecule has 1 aliphatic heterocycles. The summed E-state index contributed by atoms with van der Waals surface area (Å²) < 4.78 is 4.81. The van der Waals surface area contributed by atoms with E-state index in [1.54, 1.807) is 0 Å². The standard InChI is InChI=1S/C13H16O7/c14-5-7-1-3-8(4-2-7)13(19)10(16)9(6-15)20-12(18)11(13)17/h1-5,9-12,15-19H,6H2/t9-,10+,11+,12?,13+/m1/s1. The van der Waals surface area contributed by atoms with E-state index in [0.717, 1.165) is 0 Å². The van der Waals surface area contributed by atoms with E-state index in [2.05, 4.69) is 0 Å². The van der Waals surface area contributed by atoms with Crippen molar-refractivity contribution in [1.82, 2.24) is 0 Å². The van der Waals surface area contributed by atoms with Crippen molar-refractivity contribution in [2.75, 3.05) is 6.61 Å². The highest BCUT2D eigenvalue weighted by Crippen LogP contribution is 2.37. The summed E-state index contributed by atoms with van der Waals surface area (Å²) in [6.45, 7) is -0.639. The topological polar surface area (TPSA) is 127 Å². The van der Waals surface area contributed by atoms with Gasteiger partial charge < -0.3 is 30.3 Å². The molecule has 0 amide bonds. The Balaban J connectivity index is 2.43. The van der Waals surface area contributed by atoms with Crippen LogP contribution < -0.4 is 0 Å². The predicted molar refractivity (Wildman–Crippen MR) is 65.7 cm³/mol. The lowest BCUT2D eigenvalue weighted by molar-refractivity contribution is -0.326. The minimum absolute atomic E-state index is 0.101. The van der Waals surface area contributed by atoms with Gasteiger partial charge in [0, 0.05) is 5.56 Å². The molecule has 0 radical (unpaired) electrons. The maximum Gasteiger partial charge on any atom is 0.184 e. The van der Waals surface area contributed by atoms with Crippen molar-refractivity contribution in [2.45, 2.75) is 30.2 Å². The molecule has 5 N–H and O–H groups in total. The molecule has 1 aromatic carbocycles. The molecule has 0 spiro atoms. The van der Waals surface area contributed by atoms with Gasteiger partial charge in [0.2, 0.25) is 0 Å². The van der Waals surface area contributed by atoms with Crippen molar-refractivity contribution in [3.05, 3.63) is 35.4 Å². The van der Waals surface area contributed by atoms with Gasteiger partial charge in [-0.05, 0) is 5.56 Å². The Morgan fingerprint density at radius 3 is 2.25 bits per heavy atom. The van der Waals surface area contributed by atoms with Crippen LogP contribution in [0.4, 0.5) is 0 Å². The summed E-state index contributed by atoms with van der Waals surface area (Å²) in [6, 6.07) is 5.50. The van der Waals surface area contributed by atoms with Gasteiger partial charge in [-0.25, -0.2) is 0 Å². The number of carbonyl (C=O) groups is 1. The molecule has 1 heterocycles. The smallest absolute Gasteiger partial charge is 0.184 e. The van der Waals surface area contributed by atoms with Gasteiger partial charge in [-0.2, -0.15) is 0 Å². The summed E-state index contributed by atoms with van der Waals surface area (Å²) in [4.78, 5) is 10.6. The molecule has 2 rings (SSSR count). The van der Waals surface area contributed by atoms with Crippen LogP contribution in [0.25, 0.3) is 0 Å². The molecule has 1 fully saturated rings. The third-order valence-corrected chi connectivity index (χ3v) is 3.53. The largest absolute Gasteiger partial charge is 0.394 e. The first-order valence-corrected chi connectivity index (χ1v) is 6.03. The van der Waals surface area contributed by atoms with Crippen LogP contribution in [0.2, 0.25) is 0 Å². The molecule has 5 atom stereocenters. The van der Waals surface area contributed by atoms with E-state index in [1.165, 1.54) is 24.3 Å². The van der Waals surface area contributed by atoms with E-state index in [1.807, 2.05) is 0 Å². The highest BCUT2D eigenvalue weighted by Gasteiger charge is 2.55. The molecule has 1 unspecified atom stereocenters. The molecule has 1 aromatic rings. The minimum Gasteiger partial charge on any atom is -0.394 e. The zero-order valence-electron chi connectivity index (χ0n) is 10.5. The molecule has 1 saturated heterocycles. The molecule has 7 heteroatoms. The third kappa shape index (κ3) is 2.24. The summed E-state index contributed by atoms with van der Waals surface area (Å²) in [5.74, 6) is 0. The zero-order chi connectivity index (χ0) is 14.9. The fourth-order valence-electron chi connectivity index (χ4n) is 2.32. The molecular weight excluding hydrogens is 268 g/mol. The molecule has 1 aliphatic rings. The lowest BCUT2D eigenvalue weighted by Gasteiger charge is -2.46. The second-order valence-electron chi connectivity index (χ2n) is 4.70. The van der Waals surface area contributed by atoms with Gasteiger partial charge in [0.25, 0.3) is 0 Å². The van der Waals surface area contributed by atoms with E-state index in [9.17, 15) is 25.2 Å². The highest BCUT2D eigenvalue weighted by atomic mass is 16.6. The van der Waals surface area contributed by atoms with Crippen LogP contribution in [0.3, 0.4) is 0 Å². The van der Waals surface area contributed by atoms with Gasteiger partial charge in [-0.15, -0.1) is 0 Å². The zero-order valence-corrected chi connectivity index (χ0v) is 10.5. The van der Waals surface area contributed by atoms with Crippen LogP contribution in [0.1, 0.15) is 15.9 Å². The van der Waals surface area contributed by atoms with E-state index in [0.29, 0.717) is 11.8 Å². The molecule has 20 heavy (non-hydrogen) atoms. The van der Waals surface area contributed by atoms with Crippen molar-refractivity contribution in [1.29, 1.82) is 0 Å². The number of hydrogen-bond acceptors (Lipinski definition) is 7. The first kappa shape index (κ1) is 15.0. The fraction of sp³-hybridized carbons (Fsp3) is 0.462. The van der Waals surface area contributed by atoms with Crippen molar-refractivity contribution < 1.29 is 35.1 Å². The molecule has 0 saturated carbocycles. The van der Waals surface area contributed by atoms with Gasteiger partial charge in [0.15, 0.2) is 6.29 Å². The number of hydrogen-bond donors (Lipinski definition) is 5. The van der Waals surface area contributed by atoms with Crippen molar-refractivity contribution in [3.63, 3.8) is 0 Å². The second kappa shape index (κ2) is 5.57. The number of benzene rings is 1. The van der Waals surface area contributed by atoms with Crippen LogP contribution >= 0.6 is 0 Å². The van der Waals surface area contributed by atoms with Crippen molar-refractivity contribution in [2.24, 2.45) is 0 Å². The molecule has 7 nitrogen and oxygen atoms in total. The fourth-order valence-corrected chi connectivity index (χ4v) is 2.32. The molecule has 0 aromatic heterocycles.